The van der Waals surface area contributed by atoms with E-state index in [1.807, 2.05) is 26.1 Å². The van der Waals surface area contributed by atoms with Gasteiger partial charge in [-0.15, -0.1) is 0 Å². The summed E-state index contributed by atoms with van der Waals surface area (Å²) >= 11 is 0. The summed E-state index contributed by atoms with van der Waals surface area (Å²) < 4.78 is 7.70. The Morgan fingerprint density at radius 1 is 1.37 bits per heavy atom. The Morgan fingerprint density at radius 2 is 2.16 bits per heavy atom. The highest BCUT2D eigenvalue weighted by molar-refractivity contribution is 5.89. The van der Waals surface area contributed by atoms with E-state index in [-0.39, 0.29) is 5.78 Å². The van der Waals surface area contributed by atoms with Crippen LogP contribution in [0.5, 0.6) is 0 Å². The minimum atomic E-state index is 0.133. The SMILES string of the molecule is CCC(=O)/C=C/COCc1cc2ccccc2n1C. The second kappa shape index (κ2) is 6.34. The van der Waals surface area contributed by atoms with E-state index >= 15 is 0 Å². The van der Waals surface area contributed by atoms with E-state index in [4.69, 9.17) is 4.74 Å². The highest BCUT2D eigenvalue weighted by Gasteiger charge is 2.04. The van der Waals surface area contributed by atoms with Crippen molar-refractivity contribution in [1.29, 1.82) is 0 Å². The van der Waals surface area contributed by atoms with Gasteiger partial charge in [0.25, 0.3) is 0 Å². The fourth-order valence-electron chi connectivity index (χ4n) is 2.01. The predicted molar refractivity (Wildman–Crippen MR) is 77.0 cm³/mol. The van der Waals surface area contributed by atoms with Gasteiger partial charge in [-0.25, -0.2) is 0 Å². The molecule has 19 heavy (non-hydrogen) atoms. The highest BCUT2D eigenvalue weighted by atomic mass is 16.5. The number of fused-ring (bicyclic) bond motifs is 1. The lowest BCUT2D eigenvalue weighted by Crippen LogP contribution is -2.00. The Morgan fingerprint density at radius 3 is 2.89 bits per heavy atom. The molecule has 0 saturated heterocycles. The number of rotatable bonds is 6. The van der Waals surface area contributed by atoms with Crippen LogP contribution in [-0.2, 0) is 23.2 Å². The first-order chi connectivity index (χ1) is 9.22. The quantitative estimate of drug-likeness (QED) is 0.587. The minimum Gasteiger partial charge on any atom is -0.371 e. The van der Waals surface area contributed by atoms with Crippen LogP contribution in [0.15, 0.2) is 42.5 Å². The number of ether oxygens (including phenoxy) is 1. The summed E-state index contributed by atoms with van der Waals surface area (Å²) in [5, 5.41) is 1.22. The standard InChI is InChI=1S/C16H19NO2/c1-3-15(18)8-6-10-19-12-14-11-13-7-4-5-9-16(13)17(14)2/h4-9,11H,3,10,12H2,1-2H3/b8-6+. The van der Waals surface area contributed by atoms with Gasteiger partial charge in [-0.1, -0.05) is 31.2 Å². The third kappa shape index (κ3) is 3.32. The zero-order chi connectivity index (χ0) is 13.7. The second-order valence-electron chi connectivity index (χ2n) is 4.49. The molecule has 0 aliphatic rings. The Balaban J connectivity index is 1.93. The molecule has 0 fully saturated rings. The average molecular weight is 257 g/mol. The molecule has 1 heterocycles. The van der Waals surface area contributed by atoms with Crippen molar-refractivity contribution in [2.24, 2.45) is 7.05 Å². The van der Waals surface area contributed by atoms with Gasteiger partial charge < -0.3 is 9.30 Å². The molecule has 3 heteroatoms. The number of aryl methyl sites for hydroxylation is 1. The lowest BCUT2D eigenvalue weighted by atomic mass is 10.2. The number of carbonyl (C=O) groups excluding carboxylic acids is 1. The molecule has 0 N–H and O–H groups in total. The molecule has 0 radical (unpaired) electrons. The van der Waals surface area contributed by atoms with Crippen molar-refractivity contribution < 1.29 is 9.53 Å². The number of hydrogen-bond donors (Lipinski definition) is 0. The van der Waals surface area contributed by atoms with E-state index in [0.29, 0.717) is 19.6 Å². The lowest BCUT2D eigenvalue weighted by molar-refractivity contribution is -0.114. The van der Waals surface area contributed by atoms with E-state index < -0.39 is 0 Å². The molecule has 0 aliphatic heterocycles. The zero-order valence-corrected chi connectivity index (χ0v) is 11.4. The normalized spacial score (nSPS) is 11.5. The average Bonchev–Trinajstić information content (AvgIpc) is 2.75. The molecule has 0 aliphatic carbocycles. The summed E-state index contributed by atoms with van der Waals surface area (Å²) in [6.07, 6.45) is 3.90. The van der Waals surface area contributed by atoms with E-state index in [2.05, 4.69) is 22.8 Å². The van der Waals surface area contributed by atoms with Crippen LogP contribution in [0.25, 0.3) is 10.9 Å². The molecule has 1 aromatic carbocycles. The van der Waals surface area contributed by atoms with Crippen molar-refractivity contribution in [1.82, 2.24) is 4.57 Å². The molecule has 100 valence electrons. The summed E-state index contributed by atoms with van der Waals surface area (Å²) in [6.45, 7) is 2.87. The summed E-state index contributed by atoms with van der Waals surface area (Å²) in [5.41, 5.74) is 2.34. The third-order valence-corrected chi connectivity index (χ3v) is 3.17. The largest absolute Gasteiger partial charge is 0.371 e. The maximum atomic E-state index is 11.1. The molecule has 0 amide bonds. The van der Waals surface area contributed by atoms with Crippen molar-refractivity contribution in [3.05, 3.63) is 48.2 Å². The van der Waals surface area contributed by atoms with Gasteiger partial charge in [0.05, 0.1) is 13.2 Å². The van der Waals surface area contributed by atoms with Crippen LogP contribution in [0.3, 0.4) is 0 Å². The molecular weight excluding hydrogens is 238 g/mol. The van der Waals surface area contributed by atoms with Crippen LogP contribution in [0.4, 0.5) is 0 Å². The van der Waals surface area contributed by atoms with E-state index in [9.17, 15) is 4.79 Å². The lowest BCUT2D eigenvalue weighted by Gasteiger charge is -2.04. The summed E-state index contributed by atoms with van der Waals surface area (Å²) in [4.78, 5) is 11.1. The van der Waals surface area contributed by atoms with Crippen LogP contribution < -0.4 is 0 Å². The number of para-hydroxylation sites is 1. The number of aromatic nitrogens is 1. The molecule has 0 atom stereocenters. The topological polar surface area (TPSA) is 31.2 Å². The Bertz CT molecular complexity index is 596. The second-order valence-corrected chi connectivity index (χ2v) is 4.49. The van der Waals surface area contributed by atoms with Crippen molar-refractivity contribution in [3.8, 4) is 0 Å². The zero-order valence-electron chi connectivity index (χ0n) is 11.4. The van der Waals surface area contributed by atoms with Crippen molar-refractivity contribution in [2.75, 3.05) is 6.61 Å². The minimum absolute atomic E-state index is 0.133. The Kier molecular flexibility index (Phi) is 4.53. The van der Waals surface area contributed by atoms with Gasteiger partial charge >= 0.3 is 0 Å². The predicted octanol–water partition coefficient (Wildman–Crippen LogP) is 3.23. The molecule has 0 bridgehead atoms. The molecule has 3 nitrogen and oxygen atoms in total. The van der Waals surface area contributed by atoms with Gasteiger partial charge in [0, 0.05) is 24.7 Å². The van der Waals surface area contributed by atoms with Crippen LogP contribution in [-0.4, -0.2) is 17.0 Å². The van der Waals surface area contributed by atoms with Gasteiger partial charge in [0.15, 0.2) is 5.78 Å². The number of allylic oxidation sites excluding steroid dienone is 1. The molecular formula is C16H19NO2. The first-order valence-corrected chi connectivity index (χ1v) is 6.53. The monoisotopic (exact) mass is 257 g/mol. The van der Waals surface area contributed by atoms with Gasteiger partial charge in [-0.05, 0) is 23.6 Å². The number of benzene rings is 1. The Hall–Kier alpha value is -1.87. The first-order valence-electron chi connectivity index (χ1n) is 6.53. The molecule has 1 aromatic heterocycles. The molecule has 0 unspecified atom stereocenters. The van der Waals surface area contributed by atoms with Crippen LogP contribution in [0, 0.1) is 0 Å². The molecule has 0 spiro atoms. The van der Waals surface area contributed by atoms with Crippen molar-refractivity contribution >= 4 is 16.7 Å². The number of hydrogen-bond acceptors (Lipinski definition) is 2. The van der Waals surface area contributed by atoms with Crippen LogP contribution in [0.1, 0.15) is 19.0 Å². The smallest absolute Gasteiger partial charge is 0.155 e. The number of nitrogens with zero attached hydrogens (tertiary/aromatic N) is 1. The molecule has 2 aromatic rings. The number of carbonyl (C=O) groups is 1. The van der Waals surface area contributed by atoms with Crippen molar-refractivity contribution in [3.63, 3.8) is 0 Å². The van der Waals surface area contributed by atoms with Gasteiger partial charge in [-0.3, -0.25) is 4.79 Å². The summed E-state index contributed by atoms with van der Waals surface area (Å²) in [6, 6.07) is 10.4. The van der Waals surface area contributed by atoms with Gasteiger partial charge in [-0.2, -0.15) is 0 Å². The van der Waals surface area contributed by atoms with E-state index in [1.54, 1.807) is 12.2 Å². The first kappa shape index (κ1) is 13.6. The summed E-state index contributed by atoms with van der Waals surface area (Å²) in [5.74, 6) is 0.133. The molecule has 2 rings (SSSR count). The van der Waals surface area contributed by atoms with E-state index in [1.165, 1.54) is 10.9 Å². The maximum absolute atomic E-state index is 11.1. The Labute approximate surface area is 113 Å². The van der Waals surface area contributed by atoms with Crippen LogP contribution in [0.2, 0.25) is 0 Å². The van der Waals surface area contributed by atoms with Crippen molar-refractivity contribution in [2.45, 2.75) is 20.0 Å². The number of ketones is 1. The summed E-state index contributed by atoms with van der Waals surface area (Å²) in [7, 11) is 2.04. The fraction of sp³-hybridized carbons (Fsp3) is 0.312. The fourth-order valence-corrected chi connectivity index (χ4v) is 2.01. The maximum Gasteiger partial charge on any atom is 0.155 e. The van der Waals surface area contributed by atoms with E-state index in [0.717, 1.165) is 5.69 Å². The van der Waals surface area contributed by atoms with Gasteiger partial charge in [0.1, 0.15) is 0 Å². The molecule has 0 saturated carbocycles. The van der Waals surface area contributed by atoms with Gasteiger partial charge in [0.2, 0.25) is 0 Å². The van der Waals surface area contributed by atoms with Crippen LogP contribution >= 0.6 is 0 Å². The highest BCUT2D eigenvalue weighted by Crippen LogP contribution is 2.18. The third-order valence-electron chi connectivity index (χ3n) is 3.17.